The van der Waals surface area contributed by atoms with Gasteiger partial charge in [-0.05, 0) is 39.5 Å². The first-order chi connectivity index (χ1) is 7.65. The number of hydrogen-bond donors (Lipinski definition) is 1. The van der Waals surface area contributed by atoms with Gasteiger partial charge in [0, 0.05) is 36.2 Å². The lowest BCUT2D eigenvalue weighted by molar-refractivity contribution is 0.715. The van der Waals surface area contributed by atoms with E-state index >= 15 is 0 Å². The van der Waals surface area contributed by atoms with Gasteiger partial charge < -0.3 is 5.73 Å². The molecular weight excluding hydrogens is 268 g/mol. The molecule has 0 bridgehead atoms. The summed E-state index contributed by atoms with van der Waals surface area (Å²) in [5.74, 6) is 0. The fourth-order valence-corrected chi connectivity index (χ4v) is 1.96. The molecule has 4 nitrogen and oxygen atoms in total. The minimum absolute atomic E-state index is 0.0470. The summed E-state index contributed by atoms with van der Waals surface area (Å²) < 4.78 is 2.73. The third kappa shape index (κ3) is 2.68. The molecule has 2 N–H and O–H groups in total. The van der Waals surface area contributed by atoms with Crippen molar-refractivity contribution in [2.24, 2.45) is 12.8 Å². The molecule has 2 heterocycles. The van der Waals surface area contributed by atoms with Crippen molar-refractivity contribution in [3.63, 3.8) is 0 Å². The van der Waals surface area contributed by atoms with E-state index in [1.54, 1.807) is 17.1 Å². The van der Waals surface area contributed by atoms with Crippen LogP contribution in [0.5, 0.6) is 0 Å². The molecule has 0 fully saturated rings. The highest BCUT2D eigenvalue weighted by atomic mass is 79.9. The maximum atomic E-state index is 6.11. The molecule has 84 valence electrons. The quantitative estimate of drug-likeness (QED) is 0.933. The Kier molecular flexibility index (Phi) is 3.36. The normalized spacial score (nSPS) is 12.7. The van der Waals surface area contributed by atoms with Crippen molar-refractivity contribution < 1.29 is 0 Å². The van der Waals surface area contributed by atoms with Gasteiger partial charge in [-0.2, -0.15) is 5.10 Å². The van der Waals surface area contributed by atoms with Gasteiger partial charge in [0.15, 0.2) is 0 Å². The number of hydrogen-bond acceptors (Lipinski definition) is 3. The van der Waals surface area contributed by atoms with Gasteiger partial charge in [-0.15, -0.1) is 0 Å². The third-order valence-electron chi connectivity index (χ3n) is 2.37. The summed E-state index contributed by atoms with van der Waals surface area (Å²) in [5.41, 5.74) is 8.27. The van der Waals surface area contributed by atoms with E-state index in [1.807, 2.05) is 25.5 Å². The van der Waals surface area contributed by atoms with Crippen molar-refractivity contribution >= 4 is 15.9 Å². The van der Waals surface area contributed by atoms with Crippen molar-refractivity contribution in [1.82, 2.24) is 14.8 Å². The molecule has 0 spiro atoms. The lowest BCUT2D eigenvalue weighted by atomic mass is 10.0. The van der Waals surface area contributed by atoms with Crippen molar-refractivity contribution in [2.45, 2.75) is 12.5 Å². The zero-order valence-electron chi connectivity index (χ0n) is 8.97. The lowest BCUT2D eigenvalue weighted by Gasteiger charge is -2.10. The molecule has 0 aliphatic heterocycles. The van der Waals surface area contributed by atoms with Gasteiger partial charge >= 0.3 is 0 Å². The summed E-state index contributed by atoms with van der Waals surface area (Å²) in [5, 5.41) is 4.12. The number of pyridine rings is 1. The van der Waals surface area contributed by atoms with E-state index in [-0.39, 0.29) is 6.04 Å². The van der Waals surface area contributed by atoms with Gasteiger partial charge in [-0.1, -0.05) is 0 Å². The highest BCUT2D eigenvalue weighted by Crippen LogP contribution is 2.18. The second-order valence-corrected chi connectivity index (χ2v) is 4.69. The van der Waals surface area contributed by atoms with E-state index in [1.165, 1.54) is 0 Å². The Bertz CT molecular complexity index is 480. The standard InChI is InChI=1S/C11H13BrN4/c1-16-7-8(4-15-16)2-11(13)9-3-10(12)6-14-5-9/h3-7,11H,2,13H2,1H3. The fourth-order valence-electron chi connectivity index (χ4n) is 1.58. The van der Waals surface area contributed by atoms with Gasteiger partial charge in [0.25, 0.3) is 0 Å². The molecule has 0 saturated heterocycles. The van der Waals surface area contributed by atoms with Crippen LogP contribution in [0.1, 0.15) is 17.2 Å². The lowest BCUT2D eigenvalue weighted by Crippen LogP contribution is -2.13. The van der Waals surface area contributed by atoms with Crippen LogP contribution in [0.4, 0.5) is 0 Å². The molecule has 0 amide bonds. The highest BCUT2D eigenvalue weighted by Gasteiger charge is 2.09. The zero-order valence-corrected chi connectivity index (χ0v) is 10.6. The Morgan fingerprint density at radius 2 is 2.25 bits per heavy atom. The topological polar surface area (TPSA) is 56.7 Å². The smallest absolute Gasteiger partial charge is 0.0522 e. The van der Waals surface area contributed by atoms with Crippen LogP contribution in [-0.4, -0.2) is 14.8 Å². The minimum atomic E-state index is -0.0470. The molecule has 0 aliphatic carbocycles. The number of nitrogens with two attached hydrogens (primary N) is 1. The van der Waals surface area contributed by atoms with Crippen LogP contribution in [0.15, 0.2) is 35.3 Å². The van der Waals surface area contributed by atoms with Gasteiger partial charge in [-0.3, -0.25) is 9.67 Å². The van der Waals surface area contributed by atoms with E-state index in [0.717, 1.165) is 22.0 Å². The van der Waals surface area contributed by atoms with Crippen molar-refractivity contribution in [3.8, 4) is 0 Å². The Morgan fingerprint density at radius 1 is 1.44 bits per heavy atom. The fraction of sp³-hybridized carbons (Fsp3) is 0.273. The van der Waals surface area contributed by atoms with Gasteiger partial charge in [0.05, 0.1) is 6.20 Å². The minimum Gasteiger partial charge on any atom is -0.324 e. The predicted molar refractivity (Wildman–Crippen MR) is 65.8 cm³/mol. The van der Waals surface area contributed by atoms with Gasteiger partial charge in [-0.25, -0.2) is 0 Å². The molecule has 5 heteroatoms. The maximum absolute atomic E-state index is 6.11. The number of nitrogens with zero attached hydrogens (tertiary/aromatic N) is 3. The van der Waals surface area contributed by atoms with Crippen LogP contribution in [-0.2, 0) is 13.5 Å². The Hall–Kier alpha value is -1.20. The molecule has 0 radical (unpaired) electrons. The molecule has 0 saturated carbocycles. The first-order valence-electron chi connectivity index (χ1n) is 4.98. The van der Waals surface area contributed by atoms with E-state index in [9.17, 15) is 0 Å². The monoisotopic (exact) mass is 280 g/mol. The second-order valence-electron chi connectivity index (χ2n) is 3.77. The van der Waals surface area contributed by atoms with Crippen LogP contribution in [0.3, 0.4) is 0 Å². The average Bonchev–Trinajstić information content (AvgIpc) is 2.64. The van der Waals surface area contributed by atoms with E-state index in [0.29, 0.717) is 0 Å². The summed E-state index contributed by atoms with van der Waals surface area (Å²) in [6, 6.07) is 1.95. The van der Waals surface area contributed by atoms with Gasteiger partial charge in [0.2, 0.25) is 0 Å². The van der Waals surface area contributed by atoms with Crippen LogP contribution < -0.4 is 5.73 Å². The first-order valence-corrected chi connectivity index (χ1v) is 5.78. The molecule has 2 rings (SSSR count). The van der Waals surface area contributed by atoms with Crippen LogP contribution in [0.25, 0.3) is 0 Å². The van der Waals surface area contributed by atoms with Crippen molar-refractivity contribution in [3.05, 3.63) is 46.5 Å². The van der Waals surface area contributed by atoms with Crippen LogP contribution in [0, 0.1) is 0 Å². The number of halogens is 1. The summed E-state index contributed by atoms with van der Waals surface area (Å²) in [6.45, 7) is 0. The Balaban J connectivity index is 2.11. The highest BCUT2D eigenvalue weighted by molar-refractivity contribution is 9.10. The Labute approximate surface area is 103 Å². The Morgan fingerprint density at radius 3 is 2.88 bits per heavy atom. The van der Waals surface area contributed by atoms with E-state index in [4.69, 9.17) is 5.73 Å². The number of aryl methyl sites for hydroxylation is 1. The molecular formula is C11H13BrN4. The van der Waals surface area contributed by atoms with Crippen LogP contribution in [0.2, 0.25) is 0 Å². The van der Waals surface area contributed by atoms with Gasteiger partial charge in [0.1, 0.15) is 0 Å². The molecule has 2 aromatic rings. The summed E-state index contributed by atoms with van der Waals surface area (Å²) >= 11 is 3.39. The molecule has 0 aromatic carbocycles. The van der Waals surface area contributed by atoms with E-state index < -0.39 is 0 Å². The van der Waals surface area contributed by atoms with E-state index in [2.05, 4.69) is 26.0 Å². The first kappa shape index (κ1) is 11.3. The molecule has 16 heavy (non-hydrogen) atoms. The zero-order chi connectivity index (χ0) is 11.5. The molecule has 2 aromatic heterocycles. The van der Waals surface area contributed by atoms with Crippen molar-refractivity contribution in [1.29, 1.82) is 0 Å². The van der Waals surface area contributed by atoms with Crippen LogP contribution >= 0.6 is 15.9 Å². The third-order valence-corrected chi connectivity index (χ3v) is 2.80. The largest absolute Gasteiger partial charge is 0.324 e. The second kappa shape index (κ2) is 4.76. The molecule has 1 unspecified atom stereocenters. The number of aromatic nitrogens is 3. The molecule has 1 atom stereocenters. The summed E-state index contributed by atoms with van der Waals surface area (Å²) in [7, 11) is 1.90. The maximum Gasteiger partial charge on any atom is 0.0522 e. The average molecular weight is 281 g/mol. The summed E-state index contributed by atoms with van der Waals surface area (Å²) in [6.07, 6.45) is 8.13. The SMILES string of the molecule is Cn1cc(CC(N)c2cncc(Br)c2)cn1. The number of rotatable bonds is 3. The molecule has 0 aliphatic rings. The predicted octanol–water partition coefficient (Wildman–Crippen LogP) is 1.82. The van der Waals surface area contributed by atoms with Crippen molar-refractivity contribution in [2.75, 3.05) is 0 Å². The summed E-state index contributed by atoms with van der Waals surface area (Å²) in [4.78, 5) is 4.10.